The predicted octanol–water partition coefficient (Wildman–Crippen LogP) is 6.15. The van der Waals surface area contributed by atoms with E-state index < -0.39 is 125 Å². The molecule has 0 atom stereocenters. The predicted molar refractivity (Wildman–Crippen MR) is 358 cm³/mol. The SMILES string of the molecule is O=Nc1c([O-])ccc2cc(S(=O)(=O)[O-])ccc12.O=Nc1c([O-])ccc2cc(S(=O)(=O)[O-])ccc12.O=Nc1c([O-])ccc2cc(S(=O)(=O)[O-])ccc12.O=Nc1c([O-])ccc2cc(S(=O)(=O)[O-])ccc12.O=Nc1c([O-])ccc2cc(S(=O)(=O)[O-])ccc12.O=Nc1c([O-])ccc2cc(S(=O)(=O)[O-])ccc12.[Ba+2].[Ba+2].[Ba+2].[Fe].[Fe]. The van der Waals surface area contributed by atoms with Crippen LogP contribution in [-0.4, -0.2) is 224 Å². The summed E-state index contributed by atoms with van der Waals surface area (Å²) in [6.45, 7) is 0. The third kappa shape index (κ3) is 24.4. The van der Waals surface area contributed by atoms with Crippen molar-refractivity contribution in [3.63, 3.8) is 0 Å². The van der Waals surface area contributed by atoms with Crippen molar-refractivity contribution < 1.29 is 143 Å². The van der Waals surface area contributed by atoms with Crippen LogP contribution in [0.25, 0.3) is 64.6 Å². The largest absolute Gasteiger partial charge is 2.00 e. The van der Waals surface area contributed by atoms with E-state index in [4.69, 9.17) is 0 Å². The van der Waals surface area contributed by atoms with Crippen molar-refractivity contribution in [1.82, 2.24) is 0 Å². The van der Waals surface area contributed by atoms with Crippen molar-refractivity contribution >= 4 is 306 Å². The minimum Gasteiger partial charge on any atom is -0.871 e. The normalized spacial score (nSPS) is 11.0. The molecule has 0 radical (unpaired) electrons. The molecule has 0 aliphatic heterocycles. The zero-order chi connectivity index (χ0) is 75.8. The molecule has 107 heavy (non-hydrogen) atoms. The minimum atomic E-state index is -4.56. The number of fused-ring (bicyclic) bond motifs is 6. The number of rotatable bonds is 12. The molecule has 0 fully saturated rings. The topological polar surface area (TPSA) is 658 Å². The molecule has 0 saturated carbocycles. The van der Waals surface area contributed by atoms with E-state index in [9.17, 15) is 138 Å². The fourth-order valence-corrected chi connectivity index (χ4v) is 12.2. The van der Waals surface area contributed by atoms with Gasteiger partial charge in [-0.25, -0.2) is 50.5 Å². The maximum absolute atomic E-state index is 11.3. The second-order valence-electron chi connectivity index (χ2n) is 20.0. The summed E-state index contributed by atoms with van der Waals surface area (Å²) in [5, 5.41) is 86.4. The Balaban J connectivity index is 0.000000432. The van der Waals surface area contributed by atoms with E-state index in [0.717, 1.165) is 109 Å². The summed E-state index contributed by atoms with van der Waals surface area (Å²) in [6.07, 6.45) is 0. The van der Waals surface area contributed by atoms with Crippen LogP contribution in [0.5, 0.6) is 34.5 Å². The summed E-state index contributed by atoms with van der Waals surface area (Å²) in [6, 6.07) is 34.8. The second-order valence-corrected chi connectivity index (χ2v) is 28.3. The van der Waals surface area contributed by atoms with E-state index >= 15 is 0 Å². The Labute approximate surface area is 743 Å². The standard InChI is InChI=1S/6C10H7NO5S.3Ba.2Fe/c6*12-9-4-1-6-5-7(17(14,15)16)2-3-8(6)10(9)11-13;;;;;/h6*1-5,12H,(H,14,15,16);;;;;/q;;;;;;3*+2;;/p-12. The van der Waals surface area contributed by atoms with Crippen LogP contribution in [-0.2, 0) is 94.8 Å². The summed E-state index contributed by atoms with van der Waals surface area (Å²) >= 11 is 0. The second kappa shape index (κ2) is 40.1. The van der Waals surface area contributed by atoms with E-state index in [1.54, 1.807) is 0 Å². The first-order chi connectivity index (χ1) is 47.6. The molecule has 544 valence electrons. The molecule has 0 spiro atoms. The van der Waals surface area contributed by atoms with Gasteiger partial charge in [0, 0.05) is 66.5 Å². The summed E-state index contributed by atoms with van der Waals surface area (Å²) in [5.74, 6) is -3.30. The summed E-state index contributed by atoms with van der Waals surface area (Å²) in [4.78, 5) is 60.5. The number of hydrogen-bond acceptors (Lipinski definition) is 36. The zero-order valence-corrected chi connectivity index (χ0v) is 73.0. The van der Waals surface area contributed by atoms with Gasteiger partial charge in [0.05, 0.1) is 29.4 Å². The first kappa shape index (κ1) is 96.9. The number of hydrogen-bond donors (Lipinski definition) is 0. The Morgan fingerprint density at radius 2 is 0.308 bits per heavy atom. The van der Waals surface area contributed by atoms with Crippen LogP contribution in [0.2, 0.25) is 0 Å². The van der Waals surface area contributed by atoms with Gasteiger partial charge in [-0.05, 0) is 136 Å². The Morgan fingerprint density at radius 1 is 0.196 bits per heavy atom. The Morgan fingerprint density at radius 3 is 0.402 bits per heavy atom. The molecule has 0 unspecified atom stereocenters. The van der Waals surface area contributed by atoms with Gasteiger partial charge in [0.15, 0.2) is 0 Å². The van der Waals surface area contributed by atoms with Gasteiger partial charge < -0.3 is 58.0 Å². The molecule has 12 rings (SSSR count). The van der Waals surface area contributed by atoms with Crippen molar-refractivity contribution in [3.8, 4) is 34.5 Å². The molecule has 0 aliphatic rings. The number of nitroso groups, excluding NO2 is 6. The molecule has 36 nitrogen and oxygen atoms in total. The van der Waals surface area contributed by atoms with Gasteiger partial charge >= 0.3 is 147 Å². The van der Waals surface area contributed by atoms with E-state index in [2.05, 4.69) is 31.1 Å². The van der Waals surface area contributed by atoms with Gasteiger partial charge in [-0.3, -0.25) is 0 Å². The van der Waals surface area contributed by atoms with Crippen molar-refractivity contribution in [1.29, 1.82) is 0 Å². The summed E-state index contributed by atoms with van der Waals surface area (Å²) < 4.78 is 194. The average Bonchev–Trinajstić information content (AvgIpc) is 0.828. The minimum absolute atomic E-state index is 0. The van der Waals surface area contributed by atoms with Crippen LogP contribution in [0.15, 0.2) is 242 Å². The van der Waals surface area contributed by atoms with Gasteiger partial charge in [-0.15, -0.1) is 29.4 Å². The molecular formula is C60H30Ba3Fe2N6O30S6-6. The van der Waals surface area contributed by atoms with Crippen LogP contribution in [0, 0.1) is 29.4 Å². The van der Waals surface area contributed by atoms with Crippen LogP contribution in [0.1, 0.15) is 0 Å². The Kier molecular flexibility index (Phi) is 36.4. The quantitative estimate of drug-likeness (QED) is 0.0752. The Bertz CT molecular complexity index is 5250. The molecule has 47 heteroatoms. The van der Waals surface area contributed by atoms with Crippen LogP contribution in [0.4, 0.5) is 34.1 Å². The van der Waals surface area contributed by atoms with E-state index in [0.29, 0.717) is 32.3 Å². The molecule has 0 amide bonds. The third-order valence-corrected chi connectivity index (χ3v) is 18.8. The van der Waals surface area contributed by atoms with E-state index in [-0.39, 0.29) is 247 Å². The van der Waals surface area contributed by atoms with Gasteiger partial charge in [0.25, 0.3) is 0 Å². The smallest absolute Gasteiger partial charge is 0.871 e. The Hall–Kier alpha value is -6.19. The van der Waals surface area contributed by atoms with E-state index in [1.807, 2.05) is 0 Å². The molecular weight excluding hydrogens is 2000 g/mol. The number of nitrogens with zero attached hydrogens (tertiary/aromatic N) is 6. The maximum Gasteiger partial charge on any atom is 2.00 e. The third-order valence-electron chi connectivity index (χ3n) is 13.8. The fraction of sp³-hybridized carbons (Fsp3) is 0. The summed E-state index contributed by atoms with van der Waals surface area (Å²) in [5.41, 5.74) is -1.76. The van der Waals surface area contributed by atoms with Gasteiger partial charge in [0.1, 0.15) is 94.8 Å². The van der Waals surface area contributed by atoms with Crippen molar-refractivity contribution in [2.24, 2.45) is 31.1 Å². The average molecular weight is 2030 g/mol. The molecule has 0 N–H and O–H groups in total. The zero-order valence-electron chi connectivity index (χ0n) is 52.5. The molecule has 0 bridgehead atoms. The first-order valence-corrected chi connectivity index (χ1v) is 35.2. The fourth-order valence-electron chi connectivity index (χ4n) is 9.13. The van der Waals surface area contributed by atoms with Crippen LogP contribution < -0.4 is 30.6 Å². The van der Waals surface area contributed by atoms with Gasteiger partial charge in [-0.1, -0.05) is 144 Å². The van der Waals surface area contributed by atoms with Crippen molar-refractivity contribution in [2.75, 3.05) is 0 Å². The van der Waals surface area contributed by atoms with Gasteiger partial charge in [0.2, 0.25) is 0 Å². The molecule has 0 heterocycles. The first-order valence-electron chi connectivity index (χ1n) is 26.8. The monoisotopic (exact) mass is 2030 g/mol. The van der Waals surface area contributed by atoms with Crippen LogP contribution >= 0.6 is 0 Å². The molecule has 0 aliphatic carbocycles. The van der Waals surface area contributed by atoms with E-state index in [1.165, 1.54) is 72.8 Å². The maximum atomic E-state index is 11.3. The van der Waals surface area contributed by atoms with Gasteiger partial charge in [-0.2, -0.15) is 0 Å². The van der Waals surface area contributed by atoms with Crippen molar-refractivity contribution in [2.45, 2.75) is 29.4 Å². The van der Waals surface area contributed by atoms with Crippen molar-refractivity contribution in [3.05, 3.63) is 211 Å². The summed E-state index contributed by atoms with van der Waals surface area (Å²) in [7, 11) is -27.4. The molecule has 12 aromatic carbocycles. The molecule has 12 aromatic rings. The molecule has 0 saturated heterocycles. The number of benzene rings is 12. The molecule has 0 aromatic heterocycles. The van der Waals surface area contributed by atoms with Crippen LogP contribution in [0.3, 0.4) is 0 Å².